The molecule has 0 spiro atoms. The van der Waals surface area contributed by atoms with E-state index in [1.165, 1.54) is 6.92 Å². The molecule has 0 aliphatic rings. The Morgan fingerprint density at radius 1 is 1.32 bits per heavy atom. The number of aromatic nitrogens is 1. The lowest BCUT2D eigenvalue weighted by atomic mass is 9.98. The molecule has 0 fully saturated rings. The minimum absolute atomic E-state index is 0.0243. The summed E-state index contributed by atoms with van der Waals surface area (Å²) in [6.07, 6.45) is 0.793. The van der Waals surface area contributed by atoms with Gasteiger partial charge in [-0.1, -0.05) is 19.9 Å². The van der Waals surface area contributed by atoms with E-state index in [0.717, 1.165) is 17.4 Å². The number of fused-ring (bicyclic) bond motifs is 1. The molecule has 0 saturated heterocycles. The van der Waals surface area contributed by atoms with Crippen molar-refractivity contribution in [3.8, 4) is 0 Å². The average molecular weight is 259 g/mol. The van der Waals surface area contributed by atoms with Crippen LogP contribution in [0, 0.1) is 5.92 Å². The van der Waals surface area contributed by atoms with E-state index in [1.807, 2.05) is 0 Å². The highest BCUT2D eigenvalue weighted by Crippen LogP contribution is 2.26. The zero-order chi connectivity index (χ0) is 14.2. The average Bonchev–Trinajstić information content (AvgIpc) is 2.66. The molecule has 1 aromatic heterocycles. The summed E-state index contributed by atoms with van der Waals surface area (Å²) in [5.41, 5.74) is 2.50. The molecule has 0 unspecified atom stereocenters. The Balaban J connectivity index is 2.66. The molecule has 2 N–H and O–H groups in total. The second-order valence-electron chi connectivity index (χ2n) is 5.20. The summed E-state index contributed by atoms with van der Waals surface area (Å²) in [4.78, 5) is 25.7. The fourth-order valence-electron chi connectivity index (χ4n) is 2.31. The summed E-state index contributed by atoms with van der Waals surface area (Å²) >= 11 is 0. The maximum absolute atomic E-state index is 11.7. The van der Waals surface area contributed by atoms with Crippen molar-refractivity contribution < 1.29 is 14.7 Å². The summed E-state index contributed by atoms with van der Waals surface area (Å²) in [7, 11) is 0. The third-order valence-corrected chi connectivity index (χ3v) is 3.12. The molecule has 0 radical (unpaired) electrons. The lowest BCUT2D eigenvalue weighted by Gasteiger charge is -2.05. The lowest BCUT2D eigenvalue weighted by molar-refractivity contribution is 0.0697. The Hall–Kier alpha value is -2.10. The predicted octanol–water partition coefficient (Wildman–Crippen LogP) is 3.27. The highest BCUT2D eigenvalue weighted by molar-refractivity contribution is 6.02. The summed E-state index contributed by atoms with van der Waals surface area (Å²) in [6, 6.07) is 4.93. The first-order valence-electron chi connectivity index (χ1n) is 6.29. The lowest BCUT2D eigenvalue weighted by Crippen LogP contribution is -2.01. The first-order valence-corrected chi connectivity index (χ1v) is 6.29. The highest BCUT2D eigenvalue weighted by atomic mass is 16.4. The predicted molar refractivity (Wildman–Crippen MR) is 73.8 cm³/mol. The van der Waals surface area contributed by atoms with Crippen LogP contribution >= 0.6 is 0 Å². The summed E-state index contributed by atoms with van der Waals surface area (Å²) in [5, 5.41) is 9.93. The maximum atomic E-state index is 11.7. The van der Waals surface area contributed by atoms with Gasteiger partial charge in [-0.3, -0.25) is 4.79 Å². The molecule has 100 valence electrons. The van der Waals surface area contributed by atoms with Gasteiger partial charge in [0.2, 0.25) is 0 Å². The zero-order valence-corrected chi connectivity index (χ0v) is 11.3. The maximum Gasteiger partial charge on any atom is 0.335 e. The second kappa shape index (κ2) is 4.88. The van der Waals surface area contributed by atoms with Gasteiger partial charge >= 0.3 is 5.97 Å². The van der Waals surface area contributed by atoms with Crippen molar-refractivity contribution in [3.05, 3.63) is 35.0 Å². The van der Waals surface area contributed by atoms with Crippen molar-refractivity contribution in [2.24, 2.45) is 5.92 Å². The van der Waals surface area contributed by atoms with Gasteiger partial charge in [-0.15, -0.1) is 0 Å². The van der Waals surface area contributed by atoms with Crippen molar-refractivity contribution in [2.75, 3.05) is 0 Å². The van der Waals surface area contributed by atoms with Crippen molar-refractivity contribution in [1.29, 1.82) is 0 Å². The van der Waals surface area contributed by atoms with E-state index in [4.69, 9.17) is 5.11 Å². The third-order valence-electron chi connectivity index (χ3n) is 3.12. The number of carbonyl (C=O) groups excluding carboxylic acids is 1. The Labute approximate surface area is 111 Å². The molecule has 0 amide bonds. The fraction of sp³-hybridized carbons (Fsp3) is 0.333. The molecule has 1 heterocycles. The Kier molecular flexibility index (Phi) is 3.42. The smallest absolute Gasteiger partial charge is 0.335 e. The van der Waals surface area contributed by atoms with Crippen molar-refractivity contribution in [3.63, 3.8) is 0 Å². The molecule has 2 aromatic rings. The molecule has 0 saturated carbocycles. The molecule has 1 aromatic carbocycles. The number of aromatic amines is 1. The van der Waals surface area contributed by atoms with Crippen LogP contribution in [0.1, 0.15) is 47.2 Å². The van der Waals surface area contributed by atoms with Crippen LogP contribution in [0.4, 0.5) is 0 Å². The fourth-order valence-corrected chi connectivity index (χ4v) is 2.31. The molecule has 0 aliphatic heterocycles. The number of hydrogen-bond donors (Lipinski definition) is 2. The van der Waals surface area contributed by atoms with E-state index in [9.17, 15) is 9.59 Å². The normalized spacial score (nSPS) is 11.2. The number of benzene rings is 1. The number of nitrogens with one attached hydrogen (secondary N) is 1. The van der Waals surface area contributed by atoms with Crippen LogP contribution in [0.25, 0.3) is 10.9 Å². The van der Waals surface area contributed by atoms with Gasteiger partial charge in [0.1, 0.15) is 0 Å². The summed E-state index contributed by atoms with van der Waals surface area (Å²) in [6.45, 7) is 5.70. The zero-order valence-electron chi connectivity index (χ0n) is 11.3. The van der Waals surface area contributed by atoms with Crippen LogP contribution in [-0.4, -0.2) is 21.8 Å². The van der Waals surface area contributed by atoms with Crippen LogP contribution < -0.4 is 0 Å². The van der Waals surface area contributed by atoms with E-state index in [-0.39, 0.29) is 11.3 Å². The van der Waals surface area contributed by atoms with Gasteiger partial charge in [0.05, 0.1) is 11.3 Å². The number of hydrogen-bond acceptors (Lipinski definition) is 2. The highest BCUT2D eigenvalue weighted by Gasteiger charge is 2.16. The molecule has 4 heteroatoms. The van der Waals surface area contributed by atoms with E-state index < -0.39 is 5.97 Å². The number of Topliss-reactive ketones (excluding diaryl/α,β-unsaturated/α-hetero) is 1. The van der Waals surface area contributed by atoms with Gasteiger partial charge in [-0.05, 0) is 30.0 Å². The SMILES string of the molecule is CC(=O)c1[nH]c2cc(C(=O)O)ccc2c1CC(C)C. The molecule has 0 atom stereocenters. The van der Waals surface area contributed by atoms with Crippen LogP contribution in [0.5, 0.6) is 0 Å². The minimum Gasteiger partial charge on any atom is -0.478 e. The molecular formula is C15H17NO3. The van der Waals surface area contributed by atoms with Gasteiger partial charge in [-0.25, -0.2) is 4.79 Å². The van der Waals surface area contributed by atoms with Crippen LogP contribution in [-0.2, 0) is 6.42 Å². The van der Waals surface area contributed by atoms with Gasteiger partial charge in [0.25, 0.3) is 0 Å². The molecule has 19 heavy (non-hydrogen) atoms. The number of aromatic carboxylic acids is 1. The Bertz CT molecular complexity index is 653. The molecular weight excluding hydrogens is 242 g/mol. The Morgan fingerprint density at radius 3 is 2.53 bits per heavy atom. The van der Waals surface area contributed by atoms with Gasteiger partial charge < -0.3 is 10.1 Å². The number of rotatable bonds is 4. The molecule has 2 rings (SSSR count). The third kappa shape index (κ3) is 2.52. The number of H-pyrrole nitrogens is 1. The van der Waals surface area contributed by atoms with Crippen LogP contribution in [0.2, 0.25) is 0 Å². The second-order valence-corrected chi connectivity index (χ2v) is 5.20. The molecule has 0 aliphatic carbocycles. The van der Waals surface area contributed by atoms with Crippen LogP contribution in [0.3, 0.4) is 0 Å². The number of carboxylic acids is 1. The number of carboxylic acid groups (broad SMARTS) is 1. The first kappa shape index (κ1) is 13.3. The Morgan fingerprint density at radius 2 is 2.00 bits per heavy atom. The summed E-state index contributed by atoms with van der Waals surface area (Å²) < 4.78 is 0. The van der Waals surface area contributed by atoms with Crippen molar-refractivity contribution in [1.82, 2.24) is 4.98 Å². The minimum atomic E-state index is -0.966. The van der Waals surface area contributed by atoms with Gasteiger partial charge in [0.15, 0.2) is 5.78 Å². The van der Waals surface area contributed by atoms with E-state index in [0.29, 0.717) is 17.1 Å². The molecule has 4 nitrogen and oxygen atoms in total. The van der Waals surface area contributed by atoms with E-state index >= 15 is 0 Å². The quantitative estimate of drug-likeness (QED) is 0.828. The van der Waals surface area contributed by atoms with Crippen LogP contribution in [0.15, 0.2) is 18.2 Å². The topological polar surface area (TPSA) is 70.2 Å². The van der Waals surface area contributed by atoms with Gasteiger partial charge in [0, 0.05) is 17.8 Å². The van der Waals surface area contributed by atoms with E-state index in [2.05, 4.69) is 18.8 Å². The largest absolute Gasteiger partial charge is 0.478 e. The summed E-state index contributed by atoms with van der Waals surface area (Å²) in [5.74, 6) is -0.564. The van der Waals surface area contributed by atoms with Crippen molar-refractivity contribution >= 4 is 22.7 Å². The first-order chi connectivity index (χ1) is 8.90. The number of ketones is 1. The number of carbonyl (C=O) groups is 2. The van der Waals surface area contributed by atoms with Crippen molar-refractivity contribution in [2.45, 2.75) is 27.2 Å². The van der Waals surface area contributed by atoms with Gasteiger partial charge in [-0.2, -0.15) is 0 Å². The standard InChI is InChI=1S/C15H17NO3/c1-8(2)6-12-11-5-4-10(15(18)19)7-13(11)16-14(12)9(3)17/h4-5,7-8,16H,6H2,1-3H3,(H,18,19). The molecule has 0 bridgehead atoms. The monoisotopic (exact) mass is 259 g/mol. The van der Waals surface area contributed by atoms with E-state index in [1.54, 1.807) is 18.2 Å².